The molecule has 1 aromatic heterocycles. The summed E-state index contributed by atoms with van der Waals surface area (Å²) in [6.45, 7) is 5.12. The minimum atomic E-state index is -0.535. The maximum absolute atomic E-state index is 11.0. The normalized spacial score (nSPS) is 11.3. The number of nitrogens with one attached hydrogen (secondary N) is 2. The molecule has 2 aromatic rings. The Labute approximate surface area is 142 Å². The third-order valence-corrected chi connectivity index (χ3v) is 3.73. The lowest BCUT2D eigenvalue weighted by Gasteiger charge is -2.21. The van der Waals surface area contributed by atoms with Crippen LogP contribution in [-0.2, 0) is 17.8 Å². The van der Waals surface area contributed by atoms with Crippen molar-refractivity contribution < 1.29 is 10.0 Å². The van der Waals surface area contributed by atoms with Crippen molar-refractivity contribution in [3.63, 3.8) is 0 Å². The van der Waals surface area contributed by atoms with E-state index in [1.165, 1.54) is 17.2 Å². The molecule has 0 radical (unpaired) electrons. The molecule has 0 spiro atoms. The maximum atomic E-state index is 11.0. The van der Waals surface area contributed by atoms with Gasteiger partial charge >= 0.3 is 0 Å². The highest BCUT2D eigenvalue weighted by Gasteiger charge is 2.06. The van der Waals surface area contributed by atoms with E-state index in [0.717, 1.165) is 38.0 Å². The Morgan fingerprint density at radius 1 is 1.29 bits per heavy atom. The van der Waals surface area contributed by atoms with E-state index < -0.39 is 5.91 Å². The second kappa shape index (κ2) is 9.64. The Morgan fingerprint density at radius 2 is 2.08 bits per heavy atom. The van der Waals surface area contributed by atoms with Gasteiger partial charge in [-0.1, -0.05) is 31.2 Å². The molecule has 0 aliphatic carbocycles. The molecule has 0 atom stereocenters. The number of carbonyl (C=O) groups excluding carboxylic acids is 1. The molecular weight excluding hydrogens is 304 g/mol. The van der Waals surface area contributed by atoms with E-state index in [-0.39, 0.29) is 0 Å². The van der Waals surface area contributed by atoms with Gasteiger partial charge in [-0.05, 0) is 42.2 Å². The lowest BCUT2D eigenvalue weighted by molar-refractivity contribution is -0.124. The van der Waals surface area contributed by atoms with Crippen molar-refractivity contribution in [2.75, 3.05) is 13.1 Å². The number of carbonyl (C=O) groups is 1. The summed E-state index contributed by atoms with van der Waals surface area (Å²) in [5, 5.41) is 15.3. The third kappa shape index (κ3) is 5.98. The van der Waals surface area contributed by atoms with Gasteiger partial charge in [0, 0.05) is 25.4 Å². The third-order valence-electron chi connectivity index (χ3n) is 3.73. The van der Waals surface area contributed by atoms with Crippen LogP contribution in [0.4, 0.5) is 0 Å². The number of nitrogens with zero attached hydrogens (tertiary/aromatic N) is 2. The number of aromatic nitrogens is 2. The first kappa shape index (κ1) is 17.9. The van der Waals surface area contributed by atoms with Gasteiger partial charge in [-0.3, -0.25) is 20.0 Å². The molecule has 0 saturated heterocycles. The van der Waals surface area contributed by atoms with Crippen molar-refractivity contribution in [1.82, 2.24) is 20.6 Å². The van der Waals surface area contributed by atoms with Crippen LogP contribution in [0.2, 0.25) is 0 Å². The fourth-order valence-electron chi connectivity index (χ4n) is 2.49. The Hall–Kier alpha value is -2.44. The highest BCUT2D eigenvalue weighted by atomic mass is 16.5. The fraction of sp³-hybridized carbons (Fsp3) is 0.333. The van der Waals surface area contributed by atoms with Gasteiger partial charge in [0.25, 0.3) is 5.91 Å². The minimum Gasteiger partial charge on any atom is -0.299 e. The van der Waals surface area contributed by atoms with Crippen LogP contribution >= 0.6 is 0 Å². The van der Waals surface area contributed by atoms with E-state index in [2.05, 4.69) is 34.2 Å². The van der Waals surface area contributed by atoms with Crippen molar-refractivity contribution >= 4 is 12.0 Å². The molecule has 0 bridgehead atoms. The molecule has 1 aromatic carbocycles. The van der Waals surface area contributed by atoms with E-state index in [1.807, 2.05) is 24.5 Å². The molecule has 1 amide bonds. The number of H-pyrrole nitrogens is 1. The van der Waals surface area contributed by atoms with Crippen molar-refractivity contribution in [3.05, 3.63) is 59.4 Å². The molecule has 0 fully saturated rings. The SMILES string of the molecule is CCCN(CCc1cn[nH]c1)Cc1ccc(/C=C/C(=O)NO)cc1. The van der Waals surface area contributed by atoms with Gasteiger partial charge in [-0.15, -0.1) is 0 Å². The second-order valence-corrected chi connectivity index (χ2v) is 5.68. The van der Waals surface area contributed by atoms with Crippen LogP contribution in [0.25, 0.3) is 6.08 Å². The lowest BCUT2D eigenvalue weighted by atomic mass is 10.1. The number of rotatable bonds is 9. The summed E-state index contributed by atoms with van der Waals surface area (Å²) in [7, 11) is 0. The van der Waals surface area contributed by atoms with Gasteiger partial charge in [-0.25, -0.2) is 5.48 Å². The maximum Gasteiger partial charge on any atom is 0.267 e. The largest absolute Gasteiger partial charge is 0.299 e. The van der Waals surface area contributed by atoms with Gasteiger partial charge in [0.1, 0.15) is 0 Å². The first-order valence-electron chi connectivity index (χ1n) is 8.12. The monoisotopic (exact) mass is 328 g/mol. The molecule has 0 saturated carbocycles. The molecule has 128 valence electrons. The lowest BCUT2D eigenvalue weighted by Crippen LogP contribution is -2.26. The summed E-state index contributed by atoms with van der Waals surface area (Å²) in [6, 6.07) is 8.07. The fourth-order valence-corrected chi connectivity index (χ4v) is 2.49. The topological polar surface area (TPSA) is 81.2 Å². The van der Waals surface area contributed by atoms with Crippen molar-refractivity contribution in [2.45, 2.75) is 26.3 Å². The summed E-state index contributed by atoms with van der Waals surface area (Å²) >= 11 is 0. The Bertz CT molecular complexity index is 636. The van der Waals surface area contributed by atoms with E-state index in [4.69, 9.17) is 5.21 Å². The number of amides is 1. The second-order valence-electron chi connectivity index (χ2n) is 5.68. The molecule has 0 unspecified atom stereocenters. The highest BCUT2D eigenvalue weighted by molar-refractivity contribution is 5.90. The van der Waals surface area contributed by atoms with Crippen molar-refractivity contribution in [1.29, 1.82) is 0 Å². The number of hydroxylamine groups is 1. The molecule has 0 aliphatic heterocycles. The molecule has 0 aliphatic rings. The Kier molecular flexibility index (Phi) is 7.20. The summed E-state index contributed by atoms with van der Waals surface area (Å²) in [5.41, 5.74) is 4.95. The van der Waals surface area contributed by atoms with E-state index >= 15 is 0 Å². The zero-order valence-electron chi connectivity index (χ0n) is 13.9. The molecule has 1 heterocycles. The van der Waals surface area contributed by atoms with Gasteiger partial charge in [0.05, 0.1) is 6.20 Å². The predicted octanol–water partition coefficient (Wildman–Crippen LogP) is 2.38. The number of aromatic amines is 1. The zero-order chi connectivity index (χ0) is 17.2. The van der Waals surface area contributed by atoms with Crippen LogP contribution < -0.4 is 5.48 Å². The van der Waals surface area contributed by atoms with E-state index in [0.29, 0.717) is 0 Å². The number of hydrogen-bond acceptors (Lipinski definition) is 4. The molecule has 2 rings (SSSR count). The van der Waals surface area contributed by atoms with Crippen molar-refractivity contribution in [2.24, 2.45) is 0 Å². The van der Waals surface area contributed by atoms with Crippen LogP contribution in [0.1, 0.15) is 30.0 Å². The van der Waals surface area contributed by atoms with Gasteiger partial charge in [0.15, 0.2) is 0 Å². The number of benzene rings is 1. The minimum absolute atomic E-state index is 0.535. The quantitative estimate of drug-likeness (QED) is 0.375. The first-order chi connectivity index (χ1) is 11.7. The zero-order valence-corrected chi connectivity index (χ0v) is 13.9. The molecule has 3 N–H and O–H groups in total. The highest BCUT2D eigenvalue weighted by Crippen LogP contribution is 2.10. The number of hydrogen-bond donors (Lipinski definition) is 3. The smallest absolute Gasteiger partial charge is 0.267 e. The van der Waals surface area contributed by atoms with Crippen molar-refractivity contribution in [3.8, 4) is 0 Å². The van der Waals surface area contributed by atoms with Crippen LogP contribution in [0.3, 0.4) is 0 Å². The Morgan fingerprint density at radius 3 is 2.71 bits per heavy atom. The van der Waals surface area contributed by atoms with Crippen LogP contribution in [0.15, 0.2) is 42.7 Å². The molecule has 6 heteroatoms. The summed E-state index contributed by atoms with van der Waals surface area (Å²) in [4.78, 5) is 13.4. The average molecular weight is 328 g/mol. The van der Waals surface area contributed by atoms with Gasteiger partial charge in [0.2, 0.25) is 0 Å². The summed E-state index contributed by atoms with van der Waals surface area (Å²) in [6.07, 6.45) is 8.86. The van der Waals surface area contributed by atoms with E-state index in [9.17, 15) is 4.79 Å². The van der Waals surface area contributed by atoms with Crippen LogP contribution in [0.5, 0.6) is 0 Å². The van der Waals surface area contributed by atoms with Gasteiger partial charge < -0.3 is 0 Å². The van der Waals surface area contributed by atoms with Crippen LogP contribution in [0, 0.1) is 0 Å². The average Bonchev–Trinajstić information content (AvgIpc) is 3.12. The summed E-state index contributed by atoms with van der Waals surface area (Å²) in [5.74, 6) is -0.535. The van der Waals surface area contributed by atoms with E-state index in [1.54, 1.807) is 11.6 Å². The van der Waals surface area contributed by atoms with Gasteiger partial charge in [-0.2, -0.15) is 5.10 Å². The summed E-state index contributed by atoms with van der Waals surface area (Å²) < 4.78 is 0. The first-order valence-corrected chi connectivity index (χ1v) is 8.12. The predicted molar refractivity (Wildman–Crippen MR) is 93.3 cm³/mol. The molecule has 6 nitrogen and oxygen atoms in total. The Balaban J connectivity index is 1.91. The molecule has 24 heavy (non-hydrogen) atoms. The standard InChI is InChI=1S/C18H24N4O2/c1-2-10-22(11-9-17-12-19-20-13-17)14-16-5-3-15(4-6-16)7-8-18(23)21-24/h3-8,12-13,24H,2,9-11,14H2,1H3,(H,19,20)(H,21,23)/b8-7+. The molecular formula is C18H24N4O2. The van der Waals surface area contributed by atoms with Crippen LogP contribution in [-0.4, -0.2) is 39.3 Å².